The monoisotopic (exact) mass is 236 g/mol. The molecule has 0 fully saturated rings. The Morgan fingerprint density at radius 1 is 1.33 bits per heavy atom. The van der Waals surface area contributed by atoms with Gasteiger partial charge in [0, 0.05) is 6.07 Å². The van der Waals surface area contributed by atoms with Crippen LogP contribution >= 0.6 is 15.9 Å². The van der Waals surface area contributed by atoms with E-state index in [4.69, 9.17) is 4.74 Å². The van der Waals surface area contributed by atoms with Crippen molar-refractivity contribution in [2.75, 3.05) is 0 Å². The molecule has 0 saturated heterocycles. The molecule has 12 heavy (non-hydrogen) atoms. The number of benzene rings is 1. The molecule has 0 saturated carbocycles. The number of halogens is 3. The molecule has 0 radical (unpaired) electrons. The average molecular weight is 237 g/mol. The Bertz CT molecular complexity index is 276. The van der Waals surface area contributed by atoms with Crippen molar-refractivity contribution in [1.82, 2.24) is 0 Å². The summed E-state index contributed by atoms with van der Waals surface area (Å²) in [5, 5.41) is -0.220. The van der Waals surface area contributed by atoms with Gasteiger partial charge >= 0.3 is 0 Å². The quantitative estimate of drug-likeness (QED) is 0.718. The molecular formula is C8H7BrF2O. The Hall–Kier alpha value is -0.640. The van der Waals surface area contributed by atoms with Crippen LogP contribution in [0.3, 0.4) is 0 Å². The predicted octanol–water partition coefficient (Wildman–Crippen LogP) is 3.08. The Balaban J connectivity index is 2.82. The fourth-order valence-corrected chi connectivity index (χ4v) is 0.954. The number of hydrogen-bond acceptors (Lipinski definition) is 1. The molecule has 1 unspecified atom stereocenters. The second-order valence-corrected chi connectivity index (χ2v) is 3.53. The molecule has 1 rings (SSSR count). The molecule has 0 aromatic heterocycles. The summed E-state index contributed by atoms with van der Waals surface area (Å²) in [6.07, 6.45) is 0. The number of hydrogen-bond donors (Lipinski definition) is 0. The smallest absolute Gasteiger partial charge is 0.162 e. The van der Waals surface area contributed by atoms with Crippen LogP contribution in [0, 0.1) is 11.6 Å². The fraction of sp³-hybridized carbons (Fsp3) is 0.250. The summed E-state index contributed by atoms with van der Waals surface area (Å²) in [5.41, 5.74) is 0. The first kappa shape index (κ1) is 9.45. The molecule has 0 aliphatic rings. The molecule has 0 spiro atoms. The molecule has 1 atom stereocenters. The van der Waals surface area contributed by atoms with Crippen LogP contribution < -0.4 is 4.74 Å². The van der Waals surface area contributed by atoms with Crippen LogP contribution in [0.25, 0.3) is 0 Å². The standard InChI is InChI=1S/C8H7BrF2O/c1-5(9)12-6-2-3-7(10)8(11)4-6/h2-5H,1H3. The van der Waals surface area contributed by atoms with Gasteiger partial charge in [-0.1, -0.05) is 0 Å². The minimum absolute atomic E-state index is 0.220. The molecule has 0 heterocycles. The highest BCUT2D eigenvalue weighted by atomic mass is 79.9. The van der Waals surface area contributed by atoms with Crippen molar-refractivity contribution < 1.29 is 13.5 Å². The van der Waals surface area contributed by atoms with Crippen molar-refractivity contribution in [3.05, 3.63) is 29.8 Å². The van der Waals surface area contributed by atoms with Gasteiger partial charge in [0.25, 0.3) is 0 Å². The first-order chi connectivity index (χ1) is 5.59. The van der Waals surface area contributed by atoms with E-state index in [1.165, 1.54) is 6.07 Å². The molecule has 1 nitrogen and oxygen atoms in total. The SMILES string of the molecule is CC(Br)Oc1ccc(F)c(F)c1. The summed E-state index contributed by atoms with van der Waals surface area (Å²) in [6.45, 7) is 1.74. The van der Waals surface area contributed by atoms with E-state index in [1.807, 2.05) is 0 Å². The largest absolute Gasteiger partial charge is 0.479 e. The van der Waals surface area contributed by atoms with Gasteiger partial charge < -0.3 is 4.74 Å². The van der Waals surface area contributed by atoms with Crippen molar-refractivity contribution in [1.29, 1.82) is 0 Å². The van der Waals surface area contributed by atoms with Crippen LogP contribution in [0.5, 0.6) is 5.75 Å². The summed E-state index contributed by atoms with van der Waals surface area (Å²) >= 11 is 3.12. The highest BCUT2D eigenvalue weighted by Gasteiger charge is 2.04. The van der Waals surface area contributed by atoms with Gasteiger partial charge in [0.1, 0.15) is 5.75 Å². The molecule has 0 aliphatic heterocycles. The van der Waals surface area contributed by atoms with Crippen LogP contribution in [0.1, 0.15) is 6.92 Å². The van der Waals surface area contributed by atoms with E-state index in [0.717, 1.165) is 12.1 Å². The molecule has 0 bridgehead atoms. The van der Waals surface area contributed by atoms with Crippen molar-refractivity contribution in [2.45, 2.75) is 11.9 Å². The zero-order valence-corrected chi connectivity index (χ0v) is 7.94. The van der Waals surface area contributed by atoms with Crippen molar-refractivity contribution in [3.8, 4) is 5.75 Å². The van der Waals surface area contributed by atoms with Crippen LogP contribution in [0.2, 0.25) is 0 Å². The first-order valence-corrected chi connectivity index (χ1v) is 4.27. The van der Waals surface area contributed by atoms with Gasteiger partial charge in [-0.15, -0.1) is 0 Å². The van der Waals surface area contributed by atoms with E-state index in [9.17, 15) is 8.78 Å². The second-order valence-electron chi connectivity index (χ2n) is 2.24. The fourth-order valence-electron chi connectivity index (χ4n) is 0.738. The lowest BCUT2D eigenvalue weighted by Crippen LogP contribution is -2.02. The summed E-state index contributed by atoms with van der Waals surface area (Å²) < 4.78 is 30.0. The van der Waals surface area contributed by atoms with Crippen LogP contribution in [0.15, 0.2) is 18.2 Å². The summed E-state index contributed by atoms with van der Waals surface area (Å²) in [4.78, 5) is 0. The third-order valence-corrected chi connectivity index (χ3v) is 1.38. The number of rotatable bonds is 2. The average Bonchev–Trinajstić information content (AvgIpc) is 1.96. The van der Waals surface area contributed by atoms with Crippen LogP contribution in [-0.4, -0.2) is 5.01 Å². The lowest BCUT2D eigenvalue weighted by molar-refractivity contribution is 0.311. The van der Waals surface area contributed by atoms with E-state index in [2.05, 4.69) is 15.9 Å². The Morgan fingerprint density at radius 3 is 2.50 bits per heavy atom. The Labute approximate surface area is 77.5 Å². The summed E-state index contributed by atoms with van der Waals surface area (Å²) in [6, 6.07) is 3.41. The highest BCUT2D eigenvalue weighted by Crippen LogP contribution is 2.17. The summed E-state index contributed by atoms with van der Waals surface area (Å²) in [5.74, 6) is -1.47. The molecule has 4 heteroatoms. The molecular weight excluding hydrogens is 230 g/mol. The van der Waals surface area contributed by atoms with Crippen molar-refractivity contribution in [2.24, 2.45) is 0 Å². The third-order valence-electron chi connectivity index (χ3n) is 1.19. The highest BCUT2D eigenvalue weighted by molar-refractivity contribution is 9.09. The number of ether oxygens (including phenoxy) is 1. The molecule has 1 aromatic carbocycles. The lowest BCUT2D eigenvalue weighted by atomic mass is 10.3. The molecule has 0 aliphatic carbocycles. The van der Waals surface area contributed by atoms with Crippen molar-refractivity contribution in [3.63, 3.8) is 0 Å². The lowest BCUT2D eigenvalue weighted by Gasteiger charge is -2.07. The number of alkyl halides is 1. The maximum absolute atomic E-state index is 12.6. The van der Waals surface area contributed by atoms with Crippen LogP contribution in [0.4, 0.5) is 8.78 Å². The van der Waals surface area contributed by atoms with E-state index in [-0.39, 0.29) is 5.01 Å². The van der Waals surface area contributed by atoms with Gasteiger partial charge in [0.2, 0.25) is 0 Å². The van der Waals surface area contributed by atoms with Gasteiger partial charge in [-0.2, -0.15) is 0 Å². The van der Waals surface area contributed by atoms with Gasteiger partial charge in [0.05, 0.1) is 0 Å². The minimum atomic E-state index is -0.902. The zero-order chi connectivity index (χ0) is 9.14. The predicted molar refractivity (Wildman–Crippen MR) is 45.4 cm³/mol. The van der Waals surface area contributed by atoms with Gasteiger partial charge in [-0.05, 0) is 35.0 Å². The van der Waals surface area contributed by atoms with Crippen molar-refractivity contribution >= 4 is 15.9 Å². The molecule has 1 aromatic rings. The topological polar surface area (TPSA) is 9.23 Å². The van der Waals surface area contributed by atoms with E-state index in [1.54, 1.807) is 6.92 Å². The second kappa shape index (κ2) is 3.85. The van der Waals surface area contributed by atoms with E-state index < -0.39 is 11.6 Å². The van der Waals surface area contributed by atoms with E-state index >= 15 is 0 Å². The molecule has 0 N–H and O–H groups in total. The third kappa shape index (κ3) is 2.44. The van der Waals surface area contributed by atoms with E-state index in [0.29, 0.717) is 5.75 Å². The Morgan fingerprint density at radius 2 is 2.00 bits per heavy atom. The maximum atomic E-state index is 12.6. The molecule has 66 valence electrons. The van der Waals surface area contributed by atoms with Gasteiger partial charge in [-0.25, -0.2) is 8.78 Å². The summed E-state index contributed by atoms with van der Waals surface area (Å²) in [7, 11) is 0. The normalized spacial score (nSPS) is 12.7. The first-order valence-electron chi connectivity index (χ1n) is 3.35. The molecule has 0 amide bonds. The Kier molecular flexibility index (Phi) is 3.03. The van der Waals surface area contributed by atoms with Gasteiger partial charge in [0.15, 0.2) is 16.6 Å². The van der Waals surface area contributed by atoms with Crippen LogP contribution in [-0.2, 0) is 0 Å². The zero-order valence-electron chi connectivity index (χ0n) is 6.35. The minimum Gasteiger partial charge on any atom is -0.479 e. The maximum Gasteiger partial charge on any atom is 0.162 e. The van der Waals surface area contributed by atoms with Gasteiger partial charge in [-0.3, -0.25) is 0 Å².